The van der Waals surface area contributed by atoms with Gasteiger partial charge >= 0.3 is 0 Å². The molecule has 26 heavy (non-hydrogen) atoms. The van der Waals surface area contributed by atoms with Gasteiger partial charge in [-0.05, 0) is 30.0 Å². The van der Waals surface area contributed by atoms with Gasteiger partial charge in [-0.1, -0.05) is 19.1 Å². The molecule has 1 aromatic carbocycles. The molecule has 0 bridgehead atoms. The van der Waals surface area contributed by atoms with E-state index in [1.54, 1.807) is 7.11 Å². The molecule has 1 N–H and O–H groups in total. The fraction of sp³-hybridized carbons (Fsp3) is 0.474. The van der Waals surface area contributed by atoms with Crippen molar-refractivity contribution in [1.82, 2.24) is 20.0 Å². The molecule has 144 valence electrons. The maximum absolute atomic E-state index is 5.21. The summed E-state index contributed by atoms with van der Waals surface area (Å²) in [6.07, 6.45) is 4.94. The second kappa shape index (κ2) is 11.1. The maximum atomic E-state index is 5.21. The molecule has 0 saturated carbocycles. The molecule has 0 aliphatic carbocycles. The number of aromatic nitrogens is 2. The Hall–Kier alpha value is -1.77. The van der Waals surface area contributed by atoms with Crippen LogP contribution in [0.5, 0.6) is 5.75 Å². The smallest absolute Gasteiger partial charge is 0.193 e. The molecular weight excluding hydrogens is 441 g/mol. The summed E-state index contributed by atoms with van der Waals surface area (Å²) in [5.41, 5.74) is 2.49. The number of nitrogens with one attached hydrogen (secondary N) is 1. The van der Waals surface area contributed by atoms with Crippen LogP contribution in [0.25, 0.3) is 0 Å². The molecule has 6 nitrogen and oxygen atoms in total. The second-order valence-electron chi connectivity index (χ2n) is 6.32. The number of guanidine groups is 1. The Morgan fingerprint density at radius 2 is 2.04 bits per heavy atom. The minimum atomic E-state index is 0. The van der Waals surface area contributed by atoms with Crippen molar-refractivity contribution in [2.45, 2.75) is 25.8 Å². The van der Waals surface area contributed by atoms with Crippen LogP contribution >= 0.6 is 24.0 Å². The Labute approximate surface area is 173 Å². The second-order valence-corrected chi connectivity index (χ2v) is 6.32. The normalized spacial score (nSPS) is 12.3. The van der Waals surface area contributed by atoms with Gasteiger partial charge in [-0.15, -0.1) is 24.0 Å². The van der Waals surface area contributed by atoms with E-state index < -0.39 is 0 Å². The summed E-state index contributed by atoms with van der Waals surface area (Å²) in [6.45, 7) is 3.89. The Morgan fingerprint density at radius 3 is 2.58 bits per heavy atom. The van der Waals surface area contributed by atoms with Gasteiger partial charge in [0.1, 0.15) is 5.75 Å². The molecule has 0 fully saturated rings. The van der Waals surface area contributed by atoms with Crippen molar-refractivity contribution in [1.29, 1.82) is 0 Å². The number of nitrogens with zero attached hydrogens (tertiary/aromatic N) is 4. The maximum Gasteiger partial charge on any atom is 0.193 e. The van der Waals surface area contributed by atoms with Crippen molar-refractivity contribution >= 4 is 29.9 Å². The first-order chi connectivity index (χ1) is 12.0. The lowest BCUT2D eigenvalue weighted by molar-refractivity contribution is 0.414. The summed E-state index contributed by atoms with van der Waals surface area (Å²) < 4.78 is 7.03. The number of halogens is 1. The van der Waals surface area contributed by atoms with E-state index in [4.69, 9.17) is 4.74 Å². The zero-order valence-electron chi connectivity index (χ0n) is 16.3. The lowest BCUT2D eigenvalue weighted by atomic mass is 9.98. The van der Waals surface area contributed by atoms with E-state index in [0.717, 1.165) is 31.2 Å². The molecule has 1 unspecified atom stereocenters. The van der Waals surface area contributed by atoms with Crippen molar-refractivity contribution in [2.75, 3.05) is 27.7 Å². The average Bonchev–Trinajstić information content (AvgIpc) is 3.03. The van der Waals surface area contributed by atoms with Gasteiger partial charge in [-0.25, -0.2) is 0 Å². The van der Waals surface area contributed by atoms with E-state index in [1.165, 1.54) is 11.1 Å². The fourth-order valence-corrected chi connectivity index (χ4v) is 2.79. The van der Waals surface area contributed by atoms with Gasteiger partial charge in [0.25, 0.3) is 0 Å². The molecule has 0 radical (unpaired) electrons. The first-order valence-electron chi connectivity index (χ1n) is 8.56. The van der Waals surface area contributed by atoms with Crippen LogP contribution in [0, 0.1) is 0 Å². The van der Waals surface area contributed by atoms with E-state index in [-0.39, 0.29) is 24.0 Å². The van der Waals surface area contributed by atoms with Crippen LogP contribution in [0.3, 0.4) is 0 Å². The molecule has 1 atom stereocenters. The van der Waals surface area contributed by atoms with Gasteiger partial charge in [0.2, 0.25) is 0 Å². The highest BCUT2D eigenvalue weighted by molar-refractivity contribution is 14.0. The standard InChI is InChI=1S/C19H29N5O.HI/c1-15(17-6-8-18(25-5)9-7-17)10-11-21-19(20-2)23(3)13-16-12-22-24(4)14-16;/h6-9,12,14-15H,10-11,13H2,1-5H3,(H,20,21);1H. The minimum Gasteiger partial charge on any atom is -0.497 e. The van der Waals surface area contributed by atoms with Crippen LogP contribution in [-0.4, -0.2) is 48.4 Å². The van der Waals surface area contributed by atoms with Gasteiger partial charge in [0, 0.05) is 46.0 Å². The molecule has 1 heterocycles. The third-order valence-corrected chi connectivity index (χ3v) is 4.30. The van der Waals surface area contributed by atoms with Crippen molar-refractivity contribution in [3.8, 4) is 5.75 Å². The van der Waals surface area contributed by atoms with Crippen LogP contribution in [0.1, 0.15) is 30.4 Å². The molecule has 2 rings (SSSR count). The third kappa shape index (κ3) is 6.51. The summed E-state index contributed by atoms with van der Waals surface area (Å²) >= 11 is 0. The molecule has 0 aliphatic rings. The van der Waals surface area contributed by atoms with E-state index in [0.29, 0.717) is 5.92 Å². The molecule has 0 spiro atoms. The SMILES string of the molecule is CN=C(NCCC(C)c1ccc(OC)cc1)N(C)Cc1cnn(C)c1.I. The van der Waals surface area contributed by atoms with Crippen LogP contribution in [0.15, 0.2) is 41.7 Å². The van der Waals surface area contributed by atoms with Gasteiger partial charge in [-0.3, -0.25) is 9.67 Å². The lowest BCUT2D eigenvalue weighted by Crippen LogP contribution is -2.39. The number of methoxy groups -OCH3 is 1. The van der Waals surface area contributed by atoms with E-state index in [1.807, 2.05) is 50.4 Å². The monoisotopic (exact) mass is 471 g/mol. The Morgan fingerprint density at radius 1 is 1.35 bits per heavy atom. The molecule has 0 aliphatic heterocycles. The summed E-state index contributed by atoms with van der Waals surface area (Å²) in [5, 5.41) is 7.65. The Kier molecular flexibility index (Phi) is 9.47. The largest absolute Gasteiger partial charge is 0.497 e. The summed E-state index contributed by atoms with van der Waals surface area (Å²) in [6, 6.07) is 8.29. The zero-order valence-corrected chi connectivity index (χ0v) is 18.6. The highest BCUT2D eigenvalue weighted by atomic mass is 127. The van der Waals surface area contributed by atoms with Gasteiger partial charge in [0.05, 0.1) is 13.3 Å². The third-order valence-electron chi connectivity index (χ3n) is 4.30. The molecule has 2 aromatic rings. The Balaban J connectivity index is 0.00000338. The van der Waals surface area contributed by atoms with Crippen LogP contribution in [-0.2, 0) is 13.6 Å². The van der Waals surface area contributed by atoms with Gasteiger partial charge in [0.15, 0.2) is 5.96 Å². The van der Waals surface area contributed by atoms with E-state index >= 15 is 0 Å². The summed E-state index contributed by atoms with van der Waals surface area (Å²) in [7, 11) is 7.47. The fourth-order valence-electron chi connectivity index (χ4n) is 2.79. The zero-order chi connectivity index (χ0) is 18.2. The summed E-state index contributed by atoms with van der Waals surface area (Å²) in [5.74, 6) is 2.26. The number of hydrogen-bond acceptors (Lipinski definition) is 3. The predicted molar refractivity (Wildman–Crippen MR) is 117 cm³/mol. The number of aliphatic imine (C=N–C) groups is 1. The van der Waals surface area contributed by atoms with E-state index in [9.17, 15) is 0 Å². The van der Waals surface area contributed by atoms with Gasteiger partial charge < -0.3 is 15.0 Å². The first kappa shape index (κ1) is 22.3. The molecule has 0 saturated heterocycles. The lowest BCUT2D eigenvalue weighted by Gasteiger charge is -2.22. The molecular formula is C19H30IN5O. The first-order valence-corrected chi connectivity index (χ1v) is 8.56. The number of benzene rings is 1. The number of aryl methyl sites for hydroxylation is 1. The minimum absolute atomic E-state index is 0. The number of ether oxygens (including phenoxy) is 1. The van der Waals surface area contributed by atoms with Crippen LogP contribution in [0.2, 0.25) is 0 Å². The van der Waals surface area contributed by atoms with Crippen molar-refractivity contribution < 1.29 is 4.74 Å². The van der Waals surface area contributed by atoms with Gasteiger partial charge in [-0.2, -0.15) is 5.10 Å². The highest BCUT2D eigenvalue weighted by Gasteiger charge is 2.10. The quantitative estimate of drug-likeness (QED) is 0.383. The van der Waals surface area contributed by atoms with Crippen LogP contribution < -0.4 is 10.1 Å². The Bertz CT molecular complexity index is 683. The average molecular weight is 471 g/mol. The van der Waals surface area contributed by atoms with Crippen molar-refractivity contribution in [3.05, 3.63) is 47.8 Å². The predicted octanol–water partition coefficient (Wildman–Crippen LogP) is 3.25. The van der Waals surface area contributed by atoms with Crippen molar-refractivity contribution in [2.24, 2.45) is 12.0 Å². The number of rotatable bonds is 7. The van der Waals surface area contributed by atoms with Crippen LogP contribution in [0.4, 0.5) is 0 Å². The topological polar surface area (TPSA) is 54.7 Å². The van der Waals surface area contributed by atoms with Crippen molar-refractivity contribution in [3.63, 3.8) is 0 Å². The molecule has 7 heteroatoms. The molecule has 0 amide bonds. The highest BCUT2D eigenvalue weighted by Crippen LogP contribution is 2.21. The number of hydrogen-bond donors (Lipinski definition) is 1. The molecule has 1 aromatic heterocycles. The summed E-state index contributed by atoms with van der Waals surface area (Å²) in [4.78, 5) is 6.48. The van der Waals surface area contributed by atoms with E-state index in [2.05, 4.69) is 39.4 Å².